The molecule has 2 N–H and O–H groups in total. The Balaban J connectivity index is 1.95. The number of hydrogen-bond acceptors (Lipinski definition) is 4. The standard InChI is InChI=1S/C24H24F3NO4S/c1-13-12-33-17-10-9-16(21(29)28-20(22(30)31)23(2,3)4)19(18(13)17)32-11-14-5-7-15(8-6-14)24(25,26)27/h5-10,12,20H,11H2,1-4H3,(H,28,29)(H,30,31)/t20-/m1/s1. The molecule has 0 aliphatic heterocycles. The van der Waals surface area contributed by atoms with E-state index in [0.717, 1.165) is 22.4 Å². The molecule has 0 aliphatic carbocycles. The number of nitrogens with one attached hydrogen (secondary N) is 1. The summed E-state index contributed by atoms with van der Waals surface area (Å²) in [7, 11) is 0. The molecule has 1 atom stereocenters. The highest BCUT2D eigenvalue weighted by Crippen LogP contribution is 2.37. The van der Waals surface area contributed by atoms with Crippen LogP contribution in [0, 0.1) is 12.3 Å². The Hall–Kier alpha value is -3.07. The highest BCUT2D eigenvalue weighted by atomic mass is 32.1. The third-order valence-corrected chi connectivity index (χ3v) is 6.24. The summed E-state index contributed by atoms with van der Waals surface area (Å²) in [4.78, 5) is 24.8. The van der Waals surface area contributed by atoms with Crippen molar-refractivity contribution in [1.29, 1.82) is 0 Å². The number of benzene rings is 2. The number of ether oxygens (including phenoxy) is 1. The zero-order valence-electron chi connectivity index (χ0n) is 18.5. The molecule has 9 heteroatoms. The molecule has 33 heavy (non-hydrogen) atoms. The van der Waals surface area contributed by atoms with Crippen LogP contribution in [0.4, 0.5) is 13.2 Å². The van der Waals surface area contributed by atoms with Crippen LogP contribution in [-0.2, 0) is 17.6 Å². The molecule has 0 saturated heterocycles. The number of halogens is 3. The van der Waals surface area contributed by atoms with Crippen LogP contribution < -0.4 is 10.1 Å². The average Bonchev–Trinajstić information content (AvgIpc) is 3.09. The summed E-state index contributed by atoms with van der Waals surface area (Å²) >= 11 is 1.47. The molecule has 0 saturated carbocycles. The second-order valence-electron chi connectivity index (χ2n) is 8.83. The summed E-state index contributed by atoms with van der Waals surface area (Å²) in [5, 5.41) is 14.8. The van der Waals surface area contributed by atoms with E-state index < -0.39 is 35.1 Å². The fraction of sp³-hybridized carbons (Fsp3) is 0.333. The number of rotatable bonds is 6. The van der Waals surface area contributed by atoms with Crippen LogP contribution in [0.25, 0.3) is 10.1 Å². The Morgan fingerprint density at radius 3 is 2.27 bits per heavy atom. The Kier molecular flexibility index (Phi) is 6.74. The van der Waals surface area contributed by atoms with Gasteiger partial charge >= 0.3 is 12.1 Å². The monoisotopic (exact) mass is 479 g/mol. The van der Waals surface area contributed by atoms with Gasteiger partial charge < -0.3 is 15.2 Å². The molecule has 176 valence electrons. The second kappa shape index (κ2) is 9.05. The highest BCUT2D eigenvalue weighted by molar-refractivity contribution is 7.17. The minimum absolute atomic E-state index is 0.0611. The first-order valence-electron chi connectivity index (χ1n) is 10.1. The normalized spacial score (nSPS) is 13.1. The highest BCUT2D eigenvalue weighted by Gasteiger charge is 2.34. The van der Waals surface area contributed by atoms with E-state index in [1.807, 2.05) is 12.3 Å². The maximum atomic E-state index is 13.1. The number of amides is 1. The van der Waals surface area contributed by atoms with Crippen molar-refractivity contribution >= 4 is 33.3 Å². The predicted molar refractivity (Wildman–Crippen MR) is 121 cm³/mol. The van der Waals surface area contributed by atoms with Crippen molar-refractivity contribution in [3.8, 4) is 5.75 Å². The lowest BCUT2D eigenvalue weighted by Crippen LogP contribution is -2.49. The summed E-state index contributed by atoms with van der Waals surface area (Å²) in [6, 6.07) is 6.79. The lowest BCUT2D eigenvalue weighted by Gasteiger charge is -2.28. The minimum atomic E-state index is -4.43. The fourth-order valence-corrected chi connectivity index (χ4v) is 4.32. The van der Waals surface area contributed by atoms with Crippen LogP contribution in [0.5, 0.6) is 5.75 Å². The summed E-state index contributed by atoms with van der Waals surface area (Å²) < 4.78 is 45.3. The smallest absolute Gasteiger partial charge is 0.416 e. The number of alkyl halides is 3. The summed E-state index contributed by atoms with van der Waals surface area (Å²) in [5.41, 5.74) is 0.0379. The van der Waals surface area contributed by atoms with Crippen LogP contribution in [0.15, 0.2) is 41.8 Å². The first-order valence-corrected chi connectivity index (χ1v) is 11.0. The zero-order valence-corrected chi connectivity index (χ0v) is 19.4. The van der Waals surface area contributed by atoms with E-state index in [0.29, 0.717) is 10.9 Å². The van der Waals surface area contributed by atoms with Crippen LogP contribution in [0.1, 0.15) is 47.8 Å². The third-order valence-electron chi connectivity index (χ3n) is 5.17. The van der Waals surface area contributed by atoms with Gasteiger partial charge in [0.1, 0.15) is 18.4 Å². The maximum Gasteiger partial charge on any atom is 0.416 e. The van der Waals surface area contributed by atoms with Crippen LogP contribution in [-0.4, -0.2) is 23.0 Å². The van der Waals surface area contributed by atoms with Gasteiger partial charge in [-0.25, -0.2) is 4.79 Å². The lowest BCUT2D eigenvalue weighted by molar-refractivity contribution is -0.142. The molecule has 0 radical (unpaired) electrons. The number of thiophene rings is 1. The predicted octanol–water partition coefficient (Wildman–Crippen LogP) is 6.04. The van der Waals surface area contributed by atoms with Gasteiger partial charge in [-0.05, 0) is 53.1 Å². The number of fused-ring (bicyclic) bond motifs is 1. The first kappa shape index (κ1) is 24.6. The zero-order chi connectivity index (χ0) is 24.6. The van der Waals surface area contributed by atoms with E-state index in [9.17, 15) is 27.9 Å². The molecule has 5 nitrogen and oxygen atoms in total. The maximum absolute atomic E-state index is 13.1. The Morgan fingerprint density at radius 2 is 1.73 bits per heavy atom. The molecule has 0 bridgehead atoms. The van der Waals surface area contributed by atoms with Gasteiger partial charge in [-0.2, -0.15) is 13.2 Å². The fourth-order valence-electron chi connectivity index (χ4n) is 3.38. The van der Waals surface area contributed by atoms with Gasteiger partial charge in [0.25, 0.3) is 5.91 Å². The van der Waals surface area contributed by atoms with Gasteiger partial charge in [-0.1, -0.05) is 32.9 Å². The van der Waals surface area contributed by atoms with Crippen molar-refractivity contribution in [3.63, 3.8) is 0 Å². The number of carboxylic acid groups (broad SMARTS) is 1. The number of carbonyl (C=O) groups excluding carboxylic acids is 1. The summed E-state index contributed by atoms with van der Waals surface area (Å²) in [6.45, 7) is 6.93. The average molecular weight is 480 g/mol. The van der Waals surface area contributed by atoms with Gasteiger partial charge in [0.2, 0.25) is 0 Å². The number of aryl methyl sites for hydroxylation is 1. The van der Waals surface area contributed by atoms with Crippen molar-refractivity contribution in [2.24, 2.45) is 5.41 Å². The van der Waals surface area contributed by atoms with Gasteiger partial charge in [0, 0.05) is 10.1 Å². The minimum Gasteiger partial charge on any atom is -0.487 e. The topological polar surface area (TPSA) is 75.6 Å². The molecule has 0 unspecified atom stereocenters. The largest absolute Gasteiger partial charge is 0.487 e. The van der Waals surface area contributed by atoms with Crippen LogP contribution in [0.2, 0.25) is 0 Å². The molecule has 2 aromatic carbocycles. The molecular formula is C24H24F3NO4S. The number of aliphatic carboxylic acids is 1. The van der Waals surface area contributed by atoms with E-state index in [4.69, 9.17) is 4.74 Å². The van der Waals surface area contributed by atoms with Crippen LogP contribution in [0.3, 0.4) is 0 Å². The molecule has 3 rings (SSSR count). The lowest BCUT2D eigenvalue weighted by atomic mass is 9.86. The first-order chi connectivity index (χ1) is 15.3. The summed E-state index contributed by atoms with van der Waals surface area (Å²) in [6.07, 6.45) is -4.43. The molecule has 1 heterocycles. The number of carbonyl (C=O) groups is 2. The molecule has 1 aromatic heterocycles. The van der Waals surface area contributed by atoms with Crippen molar-refractivity contribution in [2.45, 2.75) is 46.5 Å². The number of hydrogen-bond donors (Lipinski definition) is 2. The third kappa shape index (κ3) is 5.47. The van der Waals surface area contributed by atoms with Gasteiger partial charge in [0.15, 0.2) is 0 Å². The van der Waals surface area contributed by atoms with E-state index in [-0.39, 0.29) is 17.9 Å². The Labute approximate surface area is 193 Å². The molecule has 0 spiro atoms. The number of carboxylic acids is 1. The summed E-state index contributed by atoms with van der Waals surface area (Å²) in [5.74, 6) is -1.50. The van der Waals surface area contributed by atoms with Gasteiger partial charge in [0.05, 0.1) is 11.1 Å². The SMILES string of the molecule is Cc1csc2ccc(C(=O)N[C@H](C(=O)O)C(C)(C)C)c(OCc3ccc(C(F)(F)F)cc3)c12. The molecule has 0 aliphatic rings. The second-order valence-corrected chi connectivity index (χ2v) is 9.74. The van der Waals surface area contributed by atoms with Crippen molar-refractivity contribution < 1.29 is 32.6 Å². The van der Waals surface area contributed by atoms with Crippen molar-refractivity contribution in [3.05, 3.63) is 64.0 Å². The Morgan fingerprint density at radius 1 is 1.09 bits per heavy atom. The van der Waals surface area contributed by atoms with Crippen LogP contribution >= 0.6 is 11.3 Å². The van der Waals surface area contributed by atoms with Gasteiger partial charge in [-0.3, -0.25) is 4.79 Å². The van der Waals surface area contributed by atoms with E-state index in [1.54, 1.807) is 32.9 Å². The van der Waals surface area contributed by atoms with E-state index in [2.05, 4.69) is 5.32 Å². The van der Waals surface area contributed by atoms with E-state index in [1.165, 1.54) is 23.5 Å². The van der Waals surface area contributed by atoms with E-state index >= 15 is 0 Å². The van der Waals surface area contributed by atoms with Crippen molar-refractivity contribution in [1.82, 2.24) is 5.32 Å². The van der Waals surface area contributed by atoms with Crippen molar-refractivity contribution in [2.75, 3.05) is 0 Å². The molecule has 1 amide bonds. The molecule has 0 fully saturated rings. The molecular weight excluding hydrogens is 455 g/mol. The quantitative estimate of drug-likeness (QED) is 0.452. The van der Waals surface area contributed by atoms with Gasteiger partial charge in [-0.15, -0.1) is 11.3 Å². The molecule has 3 aromatic rings. The Bertz CT molecular complexity index is 1180.